The first-order valence-corrected chi connectivity index (χ1v) is 14.0. The third kappa shape index (κ3) is 7.32. The number of fused-ring (bicyclic) bond motifs is 1. The van der Waals surface area contributed by atoms with E-state index in [4.69, 9.17) is 0 Å². The average molecular weight is 494 g/mol. The molecule has 0 bridgehead atoms. The Kier molecular flexibility index (Phi) is 10.8. The van der Waals surface area contributed by atoms with Crippen LogP contribution in [-0.4, -0.2) is 67.8 Å². The highest BCUT2D eigenvalue weighted by Gasteiger charge is 2.35. The molecule has 3 atom stereocenters. The highest BCUT2D eigenvalue weighted by molar-refractivity contribution is 5.83. The summed E-state index contributed by atoms with van der Waals surface area (Å²) in [7, 11) is 2.05. The van der Waals surface area contributed by atoms with Crippen LogP contribution in [0.4, 0.5) is 5.69 Å². The molecule has 5 heteroatoms. The molecule has 1 aliphatic heterocycles. The van der Waals surface area contributed by atoms with E-state index in [2.05, 4.69) is 41.7 Å². The number of rotatable bonds is 13. The van der Waals surface area contributed by atoms with Crippen LogP contribution in [-0.2, 0) is 4.79 Å². The van der Waals surface area contributed by atoms with Crippen molar-refractivity contribution in [2.75, 3.05) is 44.7 Å². The molecule has 36 heavy (non-hydrogen) atoms. The largest absolute Gasteiger partial charge is 0.369 e. The fourth-order valence-electron chi connectivity index (χ4n) is 5.98. The van der Waals surface area contributed by atoms with Gasteiger partial charge in [-0.25, -0.2) is 0 Å². The van der Waals surface area contributed by atoms with Crippen molar-refractivity contribution in [3.8, 4) is 0 Å². The second kappa shape index (κ2) is 13.8. The van der Waals surface area contributed by atoms with Gasteiger partial charge in [-0.1, -0.05) is 57.9 Å². The van der Waals surface area contributed by atoms with Crippen LogP contribution in [0.3, 0.4) is 0 Å². The third-order valence-corrected chi connectivity index (χ3v) is 8.06. The summed E-state index contributed by atoms with van der Waals surface area (Å²) in [6, 6.07) is 6.36. The fraction of sp³-hybridized carbons (Fsp3) is 0.613. The molecule has 1 saturated carbocycles. The van der Waals surface area contributed by atoms with Crippen LogP contribution in [0.1, 0.15) is 81.1 Å². The van der Waals surface area contributed by atoms with Crippen molar-refractivity contribution in [2.24, 2.45) is 11.8 Å². The number of nitrogens with zero attached hydrogens (tertiary/aromatic N) is 3. The van der Waals surface area contributed by atoms with Gasteiger partial charge >= 0.3 is 0 Å². The van der Waals surface area contributed by atoms with Gasteiger partial charge in [0.05, 0.1) is 6.54 Å². The molecule has 1 aromatic rings. The SMILES string of the molecule is C=CC(C)CN(CCN(C)CC(=O)N1CCCC2CCCCC21)c1cc(C=O)ccc1C(=C)CCC. The van der Waals surface area contributed by atoms with Crippen molar-refractivity contribution in [1.82, 2.24) is 9.80 Å². The van der Waals surface area contributed by atoms with Gasteiger partial charge < -0.3 is 9.80 Å². The fourth-order valence-corrected chi connectivity index (χ4v) is 5.98. The van der Waals surface area contributed by atoms with E-state index in [0.29, 0.717) is 30.0 Å². The molecule has 2 aliphatic rings. The van der Waals surface area contributed by atoms with Crippen molar-refractivity contribution in [1.29, 1.82) is 0 Å². The van der Waals surface area contributed by atoms with Gasteiger partial charge in [0, 0.05) is 49.0 Å². The van der Waals surface area contributed by atoms with Crippen LogP contribution in [0.5, 0.6) is 0 Å². The molecule has 0 N–H and O–H groups in total. The van der Waals surface area contributed by atoms with Crippen LogP contribution in [0.2, 0.25) is 0 Å². The lowest BCUT2D eigenvalue weighted by Crippen LogP contribution is -2.52. The third-order valence-electron chi connectivity index (χ3n) is 8.06. The number of aldehydes is 1. The first kappa shape index (κ1) is 28.2. The Morgan fingerprint density at radius 2 is 1.94 bits per heavy atom. The molecular weight excluding hydrogens is 446 g/mol. The van der Waals surface area contributed by atoms with E-state index >= 15 is 0 Å². The van der Waals surface area contributed by atoms with Crippen molar-refractivity contribution in [3.63, 3.8) is 0 Å². The summed E-state index contributed by atoms with van der Waals surface area (Å²) in [6.07, 6.45) is 12.3. The summed E-state index contributed by atoms with van der Waals surface area (Å²) >= 11 is 0. The summed E-state index contributed by atoms with van der Waals surface area (Å²) in [5, 5.41) is 0. The van der Waals surface area contributed by atoms with Crippen molar-refractivity contribution < 1.29 is 9.59 Å². The molecule has 5 nitrogen and oxygen atoms in total. The Labute approximate surface area is 219 Å². The molecule has 2 fully saturated rings. The highest BCUT2D eigenvalue weighted by atomic mass is 16.2. The van der Waals surface area contributed by atoms with Gasteiger partial charge in [0.25, 0.3) is 0 Å². The Morgan fingerprint density at radius 1 is 1.19 bits per heavy atom. The number of likely N-dealkylation sites (N-methyl/N-ethyl adjacent to an activating group) is 1. The molecule has 3 rings (SSSR count). The van der Waals surface area contributed by atoms with Crippen LogP contribution < -0.4 is 4.90 Å². The maximum absolute atomic E-state index is 13.3. The minimum atomic E-state index is 0.278. The Bertz CT molecular complexity index is 909. The number of piperidine rings is 1. The second-order valence-electron chi connectivity index (χ2n) is 11.0. The summed E-state index contributed by atoms with van der Waals surface area (Å²) in [6.45, 7) is 16.3. The van der Waals surface area contributed by atoms with Crippen molar-refractivity contribution in [2.45, 2.75) is 71.3 Å². The summed E-state index contributed by atoms with van der Waals surface area (Å²) in [4.78, 5) is 31.6. The first-order valence-electron chi connectivity index (χ1n) is 14.0. The smallest absolute Gasteiger partial charge is 0.236 e. The van der Waals surface area contributed by atoms with E-state index in [1.807, 2.05) is 31.3 Å². The minimum Gasteiger partial charge on any atom is -0.369 e. The zero-order valence-electron chi connectivity index (χ0n) is 22.9. The standard InChI is InChI=1S/C31H47N3O2/c1-6-11-25(4)28-16-15-26(23-35)20-30(28)33(21-24(3)7-2)19-18-32(5)22-31(36)34-17-10-13-27-12-8-9-14-29(27)34/h7,15-16,20,23-24,27,29H,2,4,6,8-14,17-19,21-22H2,1,3,5H3. The van der Waals surface area contributed by atoms with E-state index < -0.39 is 0 Å². The molecule has 0 aromatic heterocycles. The predicted molar refractivity (Wildman–Crippen MR) is 152 cm³/mol. The van der Waals surface area contributed by atoms with Gasteiger partial charge in [-0.05, 0) is 62.6 Å². The minimum absolute atomic E-state index is 0.278. The zero-order chi connectivity index (χ0) is 26.1. The van der Waals surface area contributed by atoms with Crippen LogP contribution >= 0.6 is 0 Å². The quantitative estimate of drug-likeness (QED) is 0.248. The number of anilines is 1. The Morgan fingerprint density at radius 3 is 2.67 bits per heavy atom. The maximum atomic E-state index is 13.3. The van der Waals surface area contributed by atoms with Crippen molar-refractivity contribution >= 4 is 23.5 Å². The van der Waals surface area contributed by atoms with Crippen LogP contribution in [0.25, 0.3) is 5.57 Å². The molecule has 1 saturated heterocycles. The summed E-state index contributed by atoms with van der Waals surface area (Å²) in [5.41, 5.74) is 3.92. The molecular formula is C31H47N3O2. The highest BCUT2D eigenvalue weighted by Crippen LogP contribution is 2.35. The lowest BCUT2D eigenvalue weighted by Gasteiger charge is -2.44. The summed E-state index contributed by atoms with van der Waals surface area (Å²) < 4.78 is 0. The second-order valence-corrected chi connectivity index (χ2v) is 11.0. The number of likely N-dealkylation sites (tertiary alicyclic amines) is 1. The van der Waals surface area contributed by atoms with E-state index in [-0.39, 0.29) is 5.91 Å². The molecule has 1 heterocycles. The van der Waals surface area contributed by atoms with Crippen LogP contribution in [0.15, 0.2) is 37.4 Å². The van der Waals surface area contributed by atoms with Gasteiger partial charge in [0.1, 0.15) is 6.29 Å². The molecule has 1 amide bonds. The Hall–Kier alpha value is -2.40. The molecule has 3 unspecified atom stereocenters. The lowest BCUT2D eigenvalue weighted by atomic mass is 9.78. The number of amides is 1. The normalized spacial score (nSPS) is 20.5. The van der Waals surface area contributed by atoms with Gasteiger partial charge in [-0.15, -0.1) is 6.58 Å². The number of carbonyl (C=O) groups excluding carboxylic acids is 2. The van der Waals surface area contributed by atoms with E-state index in [1.165, 1.54) is 32.1 Å². The molecule has 1 aromatic carbocycles. The molecule has 0 spiro atoms. The number of hydrogen-bond donors (Lipinski definition) is 0. The Balaban J connectivity index is 1.71. The van der Waals surface area contributed by atoms with Crippen LogP contribution in [0, 0.1) is 11.8 Å². The first-order chi connectivity index (χ1) is 17.4. The number of carbonyl (C=O) groups is 2. The van der Waals surface area contributed by atoms with Gasteiger partial charge in [-0.2, -0.15) is 0 Å². The number of hydrogen-bond acceptors (Lipinski definition) is 4. The number of benzene rings is 1. The topological polar surface area (TPSA) is 43.9 Å². The average Bonchev–Trinajstić information content (AvgIpc) is 2.90. The van der Waals surface area contributed by atoms with Gasteiger partial charge in [0.2, 0.25) is 5.91 Å². The van der Waals surface area contributed by atoms with E-state index in [1.54, 1.807) is 0 Å². The van der Waals surface area contributed by atoms with Crippen molar-refractivity contribution in [3.05, 3.63) is 48.6 Å². The monoisotopic (exact) mass is 493 g/mol. The molecule has 0 radical (unpaired) electrons. The van der Waals surface area contributed by atoms with E-state index in [0.717, 1.165) is 68.6 Å². The summed E-state index contributed by atoms with van der Waals surface area (Å²) in [5.74, 6) is 1.28. The van der Waals surface area contributed by atoms with E-state index in [9.17, 15) is 9.59 Å². The lowest BCUT2D eigenvalue weighted by molar-refractivity contribution is -0.138. The predicted octanol–water partition coefficient (Wildman–Crippen LogP) is 6.05. The van der Waals surface area contributed by atoms with Gasteiger partial charge in [0.15, 0.2) is 0 Å². The zero-order valence-corrected chi connectivity index (χ0v) is 22.9. The molecule has 1 aliphatic carbocycles. The molecule has 198 valence electrons. The number of allylic oxidation sites excluding steroid dienone is 1. The maximum Gasteiger partial charge on any atom is 0.236 e. The van der Waals surface area contributed by atoms with Gasteiger partial charge in [-0.3, -0.25) is 14.5 Å².